The molecule has 3 heterocycles. The monoisotopic (exact) mass is 587 g/mol. The standard InChI is InChI=1S/C42H25N3O/c1-2-11-26(12-3-1)29-21-22-35-34(24-29)41(32-17-10-20-39-40(32)31-16-7-9-19-38(31)46-39)44-42(43-35)45-36-18-8-6-15-30(36)33-23-27-13-4-5-14-28(27)25-37(33)45/h1-25H. The Kier molecular flexibility index (Phi) is 5.25. The van der Waals surface area contributed by atoms with E-state index in [0.29, 0.717) is 5.95 Å². The van der Waals surface area contributed by atoms with Gasteiger partial charge in [-0.25, -0.2) is 9.97 Å². The van der Waals surface area contributed by atoms with Crippen LogP contribution in [0.3, 0.4) is 0 Å². The van der Waals surface area contributed by atoms with Crippen molar-refractivity contribution in [3.63, 3.8) is 0 Å². The number of hydrogen-bond donors (Lipinski definition) is 0. The van der Waals surface area contributed by atoms with Crippen LogP contribution in [0.15, 0.2) is 156 Å². The van der Waals surface area contributed by atoms with Crippen LogP contribution in [-0.4, -0.2) is 14.5 Å². The zero-order valence-electron chi connectivity index (χ0n) is 24.7. The minimum absolute atomic E-state index is 0.640. The van der Waals surface area contributed by atoms with Crippen molar-refractivity contribution in [2.75, 3.05) is 0 Å². The van der Waals surface area contributed by atoms with E-state index in [2.05, 4.69) is 132 Å². The molecule has 0 aliphatic rings. The number of furan rings is 1. The van der Waals surface area contributed by atoms with Gasteiger partial charge < -0.3 is 4.42 Å². The maximum absolute atomic E-state index is 6.33. The smallest absolute Gasteiger partial charge is 0.235 e. The summed E-state index contributed by atoms with van der Waals surface area (Å²) in [6, 6.07) is 53.1. The summed E-state index contributed by atoms with van der Waals surface area (Å²) in [6.07, 6.45) is 0. The third-order valence-corrected chi connectivity index (χ3v) is 9.19. The van der Waals surface area contributed by atoms with Crippen molar-refractivity contribution in [2.45, 2.75) is 0 Å². The molecular weight excluding hydrogens is 562 g/mol. The molecule has 4 nitrogen and oxygen atoms in total. The summed E-state index contributed by atoms with van der Waals surface area (Å²) in [5.41, 5.74) is 8.92. The SMILES string of the molecule is c1ccc(-c2ccc3nc(-n4c5ccccc5c5cc6ccccc6cc54)nc(-c4cccc5oc6ccccc6c45)c3c2)cc1. The predicted molar refractivity (Wildman–Crippen MR) is 190 cm³/mol. The molecule has 0 saturated heterocycles. The molecule has 10 aromatic rings. The highest BCUT2D eigenvalue weighted by molar-refractivity contribution is 6.16. The van der Waals surface area contributed by atoms with Crippen molar-refractivity contribution in [1.29, 1.82) is 0 Å². The Morgan fingerprint density at radius 1 is 0.457 bits per heavy atom. The van der Waals surface area contributed by atoms with Gasteiger partial charge in [-0.2, -0.15) is 0 Å². The van der Waals surface area contributed by atoms with Crippen LogP contribution in [-0.2, 0) is 0 Å². The van der Waals surface area contributed by atoms with Gasteiger partial charge in [0.15, 0.2) is 0 Å². The van der Waals surface area contributed by atoms with Crippen molar-refractivity contribution >= 4 is 65.4 Å². The first kappa shape index (κ1) is 25.1. The first-order chi connectivity index (χ1) is 22.8. The van der Waals surface area contributed by atoms with Gasteiger partial charge in [-0.3, -0.25) is 4.57 Å². The van der Waals surface area contributed by atoms with Gasteiger partial charge in [-0.1, -0.05) is 109 Å². The molecule has 0 radical (unpaired) electrons. The van der Waals surface area contributed by atoms with Crippen LogP contribution in [0, 0.1) is 0 Å². The van der Waals surface area contributed by atoms with E-state index in [1.54, 1.807) is 0 Å². The number of nitrogens with zero attached hydrogens (tertiary/aromatic N) is 3. The molecule has 46 heavy (non-hydrogen) atoms. The van der Waals surface area contributed by atoms with Gasteiger partial charge in [-0.05, 0) is 64.4 Å². The fourth-order valence-electron chi connectivity index (χ4n) is 7.07. The first-order valence-corrected chi connectivity index (χ1v) is 15.5. The summed E-state index contributed by atoms with van der Waals surface area (Å²) in [7, 11) is 0. The van der Waals surface area contributed by atoms with E-state index in [9.17, 15) is 0 Å². The molecule has 0 bridgehead atoms. The third kappa shape index (κ3) is 3.67. The number of aromatic nitrogens is 3. The van der Waals surface area contributed by atoms with Crippen LogP contribution in [0.5, 0.6) is 0 Å². The second-order valence-electron chi connectivity index (χ2n) is 11.8. The van der Waals surface area contributed by atoms with Crippen LogP contribution < -0.4 is 0 Å². The Balaban J connectivity index is 1.34. The van der Waals surface area contributed by atoms with E-state index in [1.165, 1.54) is 21.5 Å². The van der Waals surface area contributed by atoms with Gasteiger partial charge in [0.25, 0.3) is 0 Å². The summed E-state index contributed by atoms with van der Waals surface area (Å²) in [5.74, 6) is 0.640. The van der Waals surface area contributed by atoms with Crippen LogP contribution >= 0.6 is 0 Å². The molecule has 0 fully saturated rings. The number of benzene rings is 7. The van der Waals surface area contributed by atoms with Crippen molar-refractivity contribution in [2.24, 2.45) is 0 Å². The van der Waals surface area contributed by atoms with Crippen LogP contribution in [0.25, 0.3) is 93.8 Å². The van der Waals surface area contributed by atoms with Crippen molar-refractivity contribution < 1.29 is 4.42 Å². The van der Waals surface area contributed by atoms with Gasteiger partial charge in [0.1, 0.15) is 11.2 Å². The molecule has 3 aromatic heterocycles. The molecule has 0 unspecified atom stereocenters. The highest BCUT2D eigenvalue weighted by Crippen LogP contribution is 2.40. The van der Waals surface area contributed by atoms with E-state index in [-0.39, 0.29) is 0 Å². The maximum Gasteiger partial charge on any atom is 0.235 e. The minimum Gasteiger partial charge on any atom is -0.456 e. The Morgan fingerprint density at radius 2 is 1.20 bits per heavy atom. The lowest BCUT2D eigenvalue weighted by Gasteiger charge is -2.14. The van der Waals surface area contributed by atoms with E-state index < -0.39 is 0 Å². The van der Waals surface area contributed by atoms with Crippen molar-refractivity contribution in [3.8, 4) is 28.3 Å². The fourth-order valence-corrected chi connectivity index (χ4v) is 7.07. The first-order valence-electron chi connectivity index (χ1n) is 15.5. The average Bonchev–Trinajstić information content (AvgIpc) is 3.66. The molecule has 0 saturated carbocycles. The largest absolute Gasteiger partial charge is 0.456 e. The van der Waals surface area contributed by atoms with Crippen LogP contribution in [0.2, 0.25) is 0 Å². The van der Waals surface area contributed by atoms with Crippen LogP contribution in [0.1, 0.15) is 0 Å². The summed E-state index contributed by atoms with van der Waals surface area (Å²) in [4.78, 5) is 10.8. The molecule has 4 heteroatoms. The second kappa shape index (κ2) is 9.62. The number of hydrogen-bond acceptors (Lipinski definition) is 3. The second-order valence-corrected chi connectivity index (χ2v) is 11.8. The third-order valence-electron chi connectivity index (χ3n) is 9.19. The highest BCUT2D eigenvalue weighted by atomic mass is 16.3. The Hall–Kier alpha value is -6.26. The van der Waals surface area contributed by atoms with Gasteiger partial charge in [0.2, 0.25) is 5.95 Å². The normalized spacial score (nSPS) is 11.9. The molecule has 7 aromatic carbocycles. The maximum atomic E-state index is 6.33. The molecule has 0 aliphatic carbocycles. The lowest BCUT2D eigenvalue weighted by molar-refractivity contribution is 0.669. The molecule has 0 amide bonds. The summed E-state index contributed by atoms with van der Waals surface area (Å²) in [5, 5.41) is 7.88. The van der Waals surface area contributed by atoms with Crippen LogP contribution in [0.4, 0.5) is 0 Å². The molecule has 10 rings (SSSR count). The Labute approximate surface area is 263 Å². The topological polar surface area (TPSA) is 43.9 Å². The molecule has 0 atom stereocenters. The molecule has 0 spiro atoms. The minimum atomic E-state index is 0.640. The number of para-hydroxylation sites is 2. The van der Waals surface area contributed by atoms with E-state index in [4.69, 9.17) is 14.4 Å². The zero-order valence-corrected chi connectivity index (χ0v) is 24.7. The predicted octanol–water partition coefficient (Wildman–Crippen LogP) is 11.1. The van der Waals surface area contributed by atoms with Crippen molar-refractivity contribution in [1.82, 2.24) is 14.5 Å². The molecular formula is C42H25N3O. The molecule has 0 N–H and O–H groups in total. The summed E-state index contributed by atoms with van der Waals surface area (Å²) in [6.45, 7) is 0. The quantitative estimate of drug-likeness (QED) is 0.207. The summed E-state index contributed by atoms with van der Waals surface area (Å²) < 4.78 is 8.55. The lowest BCUT2D eigenvalue weighted by Crippen LogP contribution is -2.03. The van der Waals surface area contributed by atoms with Gasteiger partial charge in [0.05, 0.1) is 22.2 Å². The number of rotatable bonds is 3. The zero-order chi connectivity index (χ0) is 30.2. The fraction of sp³-hybridized carbons (Fsp3) is 0. The van der Waals surface area contributed by atoms with Gasteiger partial charge >= 0.3 is 0 Å². The Morgan fingerprint density at radius 3 is 2.09 bits per heavy atom. The van der Waals surface area contributed by atoms with E-state index >= 15 is 0 Å². The summed E-state index contributed by atoms with van der Waals surface area (Å²) >= 11 is 0. The lowest BCUT2D eigenvalue weighted by atomic mass is 9.98. The Bertz CT molecular complexity index is 2810. The van der Waals surface area contributed by atoms with Gasteiger partial charge in [0, 0.05) is 32.5 Å². The highest BCUT2D eigenvalue weighted by Gasteiger charge is 2.21. The van der Waals surface area contributed by atoms with E-state index in [0.717, 1.165) is 66.3 Å². The van der Waals surface area contributed by atoms with Crippen molar-refractivity contribution in [3.05, 3.63) is 152 Å². The van der Waals surface area contributed by atoms with E-state index in [1.807, 2.05) is 24.3 Å². The van der Waals surface area contributed by atoms with Gasteiger partial charge in [-0.15, -0.1) is 0 Å². The molecule has 214 valence electrons. The number of fused-ring (bicyclic) bond motifs is 8. The molecule has 0 aliphatic heterocycles. The average molecular weight is 588 g/mol.